The third kappa shape index (κ3) is 2.09. The Labute approximate surface area is 93.1 Å². The van der Waals surface area contributed by atoms with E-state index in [4.69, 9.17) is 15.2 Å². The molecule has 1 aliphatic heterocycles. The Kier molecular flexibility index (Phi) is 2.96. The van der Waals surface area contributed by atoms with Crippen LogP contribution in [-0.2, 0) is 9.53 Å². The molecule has 1 unspecified atom stereocenters. The number of rotatable bonds is 3. The van der Waals surface area contributed by atoms with E-state index in [-0.39, 0.29) is 19.2 Å². The van der Waals surface area contributed by atoms with Crippen LogP contribution in [0.25, 0.3) is 0 Å². The van der Waals surface area contributed by atoms with Gasteiger partial charge in [-0.1, -0.05) is 6.07 Å². The molecule has 5 heteroatoms. The van der Waals surface area contributed by atoms with Gasteiger partial charge in [-0.15, -0.1) is 0 Å². The minimum Gasteiger partial charge on any atom is -0.469 e. The number of carbonyl (C=O) groups is 1. The van der Waals surface area contributed by atoms with Gasteiger partial charge < -0.3 is 19.9 Å². The van der Waals surface area contributed by atoms with E-state index in [1.165, 1.54) is 7.11 Å². The van der Waals surface area contributed by atoms with Gasteiger partial charge in [-0.2, -0.15) is 0 Å². The van der Waals surface area contributed by atoms with E-state index >= 15 is 0 Å². The Morgan fingerprint density at radius 1 is 1.56 bits per heavy atom. The van der Waals surface area contributed by atoms with Crippen molar-refractivity contribution in [1.29, 1.82) is 0 Å². The van der Waals surface area contributed by atoms with E-state index in [1.54, 1.807) is 18.2 Å². The number of methoxy groups -OCH3 is 1. The summed E-state index contributed by atoms with van der Waals surface area (Å²) in [6.07, 6.45) is 0.132. The average molecular weight is 223 g/mol. The first-order valence-corrected chi connectivity index (χ1v) is 4.92. The van der Waals surface area contributed by atoms with Crippen LogP contribution in [-0.4, -0.2) is 19.9 Å². The normalized spacial score (nSPS) is 14.6. The summed E-state index contributed by atoms with van der Waals surface area (Å²) >= 11 is 0. The predicted octanol–water partition coefficient (Wildman–Crippen LogP) is 0.978. The second-order valence-corrected chi connectivity index (χ2v) is 3.49. The van der Waals surface area contributed by atoms with Crippen molar-refractivity contribution >= 4 is 5.97 Å². The molecular formula is C11H13NO4. The molecule has 1 aliphatic rings. The molecule has 0 amide bonds. The molecule has 0 radical (unpaired) electrons. The van der Waals surface area contributed by atoms with Crippen molar-refractivity contribution in [2.75, 3.05) is 13.9 Å². The molecule has 0 saturated carbocycles. The number of benzene rings is 1. The first kappa shape index (κ1) is 10.8. The number of hydrogen-bond donors (Lipinski definition) is 1. The zero-order valence-corrected chi connectivity index (χ0v) is 8.93. The lowest BCUT2D eigenvalue weighted by Gasteiger charge is -2.21. The molecule has 2 N–H and O–H groups in total. The van der Waals surface area contributed by atoms with Gasteiger partial charge in [-0.05, 0) is 6.07 Å². The SMILES string of the molecule is COC(=O)CC(N)c1ccc2cc1OCO2. The number of nitrogens with two attached hydrogens (primary N) is 1. The average Bonchev–Trinajstić information content (AvgIpc) is 2.29. The van der Waals surface area contributed by atoms with Crippen molar-refractivity contribution in [3.05, 3.63) is 23.8 Å². The van der Waals surface area contributed by atoms with E-state index in [9.17, 15) is 4.79 Å². The number of fused-ring (bicyclic) bond motifs is 2. The third-order valence-electron chi connectivity index (χ3n) is 2.44. The smallest absolute Gasteiger partial charge is 0.307 e. The van der Waals surface area contributed by atoms with E-state index in [2.05, 4.69) is 4.74 Å². The summed E-state index contributed by atoms with van der Waals surface area (Å²) in [6.45, 7) is 0.181. The molecule has 0 fully saturated rings. The van der Waals surface area contributed by atoms with Crippen LogP contribution < -0.4 is 15.2 Å². The molecule has 1 heterocycles. The van der Waals surface area contributed by atoms with E-state index < -0.39 is 6.04 Å². The summed E-state index contributed by atoms with van der Waals surface area (Å²) in [5.41, 5.74) is 6.69. The van der Waals surface area contributed by atoms with Gasteiger partial charge in [0.25, 0.3) is 0 Å². The number of hydrogen-bond acceptors (Lipinski definition) is 5. The van der Waals surface area contributed by atoms with Crippen LogP contribution in [0.4, 0.5) is 0 Å². The van der Waals surface area contributed by atoms with Crippen molar-refractivity contribution in [2.24, 2.45) is 5.73 Å². The fourth-order valence-electron chi connectivity index (χ4n) is 1.57. The van der Waals surface area contributed by atoms with Crippen LogP contribution in [0.1, 0.15) is 18.0 Å². The molecular weight excluding hydrogens is 210 g/mol. The van der Waals surface area contributed by atoms with E-state index in [1.807, 2.05) is 0 Å². The zero-order valence-electron chi connectivity index (χ0n) is 8.93. The monoisotopic (exact) mass is 223 g/mol. The Bertz CT molecular complexity index is 405. The highest BCUT2D eigenvalue weighted by Crippen LogP contribution is 2.32. The van der Waals surface area contributed by atoms with Crippen molar-refractivity contribution < 1.29 is 19.0 Å². The quantitative estimate of drug-likeness (QED) is 0.773. The Morgan fingerprint density at radius 2 is 2.38 bits per heavy atom. The topological polar surface area (TPSA) is 70.8 Å². The maximum atomic E-state index is 11.1. The highest BCUT2D eigenvalue weighted by Gasteiger charge is 2.19. The summed E-state index contributed by atoms with van der Waals surface area (Å²) in [5, 5.41) is 0. The van der Waals surface area contributed by atoms with Gasteiger partial charge in [-0.25, -0.2) is 0 Å². The Balaban J connectivity index is 2.17. The molecule has 2 bridgehead atoms. The molecule has 0 aromatic heterocycles. The molecule has 0 aliphatic carbocycles. The Morgan fingerprint density at radius 3 is 3.12 bits per heavy atom. The van der Waals surface area contributed by atoms with Crippen LogP contribution in [0.3, 0.4) is 0 Å². The summed E-state index contributed by atoms with van der Waals surface area (Å²) in [5.74, 6) is 1.08. The van der Waals surface area contributed by atoms with Crippen molar-refractivity contribution in [1.82, 2.24) is 0 Å². The fourth-order valence-corrected chi connectivity index (χ4v) is 1.57. The van der Waals surface area contributed by atoms with Gasteiger partial charge in [0, 0.05) is 17.7 Å². The molecule has 5 nitrogen and oxygen atoms in total. The lowest BCUT2D eigenvalue weighted by atomic mass is 10.0. The second-order valence-electron chi connectivity index (χ2n) is 3.49. The van der Waals surface area contributed by atoms with Gasteiger partial charge in [0.05, 0.1) is 13.5 Å². The maximum absolute atomic E-state index is 11.1. The highest BCUT2D eigenvalue weighted by molar-refractivity contribution is 5.70. The number of carbonyl (C=O) groups excluding carboxylic acids is 1. The van der Waals surface area contributed by atoms with Crippen molar-refractivity contribution in [2.45, 2.75) is 12.5 Å². The third-order valence-corrected chi connectivity index (χ3v) is 2.44. The summed E-state index contributed by atoms with van der Waals surface area (Å²) in [7, 11) is 1.34. The van der Waals surface area contributed by atoms with Crippen LogP contribution in [0, 0.1) is 0 Å². The van der Waals surface area contributed by atoms with Gasteiger partial charge in [0.1, 0.15) is 11.5 Å². The molecule has 86 valence electrons. The molecule has 1 aromatic carbocycles. The van der Waals surface area contributed by atoms with Crippen molar-refractivity contribution in [3.8, 4) is 11.5 Å². The molecule has 1 aromatic rings. The summed E-state index contributed by atoms with van der Waals surface area (Å²) < 4.78 is 15.0. The standard InChI is InChI=1S/C11H13NO4/c1-14-11(13)5-9(12)8-3-2-7-4-10(8)16-6-15-7/h2-4,9H,5-6,12H2,1H3. The molecule has 1 atom stereocenters. The molecule has 0 spiro atoms. The lowest BCUT2D eigenvalue weighted by molar-refractivity contribution is -0.141. The Hall–Kier alpha value is -1.75. The minimum absolute atomic E-state index is 0.132. The first-order valence-electron chi connectivity index (χ1n) is 4.92. The fraction of sp³-hybridized carbons (Fsp3) is 0.364. The molecule has 16 heavy (non-hydrogen) atoms. The highest BCUT2D eigenvalue weighted by atomic mass is 16.7. The van der Waals surface area contributed by atoms with Gasteiger partial charge in [0.15, 0.2) is 0 Å². The summed E-state index contributed by atoms with van der Waals surface area (Å²) in [6, 6.07) is 4.95. The second kappa shape index (κ2) is 4.40. The zero-order chi connectivity index (χ0) is 11.5. The maximum Gasteiger partial charge on any atom is 0.307 e. The molecule has 2 rings (SSSR count). The minimum atomic E-state index is -0.422. The lowest BCUT2D eigenvalue weighted by Crippen LogP contribution is -2.19. The number of ether oxygens (including phenoxy) is 3. The summed E-state index contributed by atoms with van der Waals surface area (Å²) in [4.78, 5) is 11.1. The van der Waals surface area contributed by atoms with Crippen molar-refractivity contribution in [3.63, 3.8) is 0 Å². The van der Waals surface area contributed by atoms with E-state index in [0.29, 0.717) is 5.75 Å². The van der Waals surface area contributed by atoms with Gasteiger partial charge >= 0.3 is 5.97 Å². The van der Waals surface area contributed by atoms with Crippen LogP contribution in [0.2, 0.25) is 0 Å². The van der Waals surface area contributed by atoms with E-state index in [0.717, 1.165) is 11.3 Å². The van der Waals surface area contributed by atoms with Gasteiger partial charge in [0.2, 0.25) is 6.79 Å². The first-order chi connectivity index (χ1) is 7.70. The largest absolute Gasteiger partial charge is 0.469 e. The molecule has 0 saturated heterocycles. The predicted molar refractivity (Wildman–Crippen MR) is 56.1 cm³/mol. The van der Waals surface area contributed by atoms with Gasteiger partial charge in [-0.3, -0.25) is 4.79 Å². The van der Waals surface area contributed by atoms with Crippen LogP contribution in [0.5, 0.6) is 11.5 Å². The van der Waals surface area contributed by atoms with Crippen LogP contribution >= 0.6 is 0 Å². The van der Waals surface area contributed by atoms with Crippen LogP contribution in [0.15, 0.2) is 18.2 Å². The number of esters is 1.